The summed E-state index contributed by atoms with van der Waals surface area (Å²) in [7, 11) is 0. The Morgan fingerprint density at radius 2 is 1.18 bits per heavy atom. The number of nitrogens with two attached hydrogens (primary N) is 2. The number of carbonyl (C=O) groups excluding carboxylic acids is 4. The molecule has 1 fully saturated rings. The Hall–Kier alpha value is -6.93. The highest BCUT2D eigenvalue weighted by Gasteiger charge is 2.23. The number of piperazine rings is 1. The van der Waals surface area contributed by atoms with E-state index in [4.69, 9.17) is 21.2 Å². The number of ether oxygens (including phenoxy) is 1. The van der Waals surface area contributed by atoms with Gasteiger partial charge in [0.2, 0.25) is 23.1 Å². The molecule has 1 aromatic carbocycles. The number of benzene rings is 1. The number of fused-ring (bicyclic) bond motifs is 2. The van der Waals surface area contributed by atoms with Crippen molar-refractivity contribution in [1.29, 1.82) is 0 Å². The van der Waals surface area contributed by atoms with Gasteiger partial charge in [0.15, 0.2) is 5.65 Å². The molecule has 1 aliphatic rings. The third-order valence-corrected chi connectivity index (χ3v) is 12.0. The number of aryl methyl sites for hydroxylation is 6. The number of hydrogen-bond donors (Lipinski definition) is 2. The third kappa shape index (κ3) is 9.69. The van der Waals surface area contributed by atoms with Crippen LogP contribution in [-0.4, -0.2) is 122 Å². The number of amides is 4. The second-order valence-electron chi connectivity index (χ2n) is 16.2. The Morgan fingerprint density at radius 3 is 1.73 bits per heavy atom. The number of likely N-dealkylation sites (N-methyl/N-ethyl adjacent to an activating group) is 1. The molecule has 0 aliphatic carbocycles. The molecule has 1 aliphatic heterocycles. The molecule has 0 spiro atoms. The molecule has 4 N–H and O–H groups in total. The van der Waals surface area contributed by atoms with Gasteiger partial charge in [0.1, 0.15) is 22.7 Å². The van der Waals surface area contributed by atoms with Gasteiger partial charge in [-0.3, -0.25) is 33.1 Å². The van der Waals surface area contributed by atoms with Crippen LogP contribution >= 0.6 is 0 Å². The van der Waals surface area contributed by atoms with Crippen molar-refractivity contribution in [2.75, 3.05) is 45.9 Å². The molecule has 20 nitrogen and oxygen atoms in total. The first kappa shape index (κ1) is 47.0. The van der Waals surface area contributed by atoms with Crippen LogP contribution < -0.4 is 27.4 Å². The van der Waals surface area contributed by atoms with E-state index in [1.165, 1.54) is 6.20 Å². The van der Waals surface area contributed by atoms with E-state index in [1.54, 1.807) is 44.3 Å². The van der Waals surface area contributed by atoms with Crippen LogP contribution in [0.1, 0.15) is 94.1 Å². The van der Waals surface area contributed by atoms with Gasteiger partial charge in [-0.25, -0.2) is 4.98 Å². The summed E-state index contributed by atoms with van der Waals surface area (Å²) in [6.07, 6.45) is 6.00. The fraction of sp³-hybridized carbons (Fsp3) is 0.457. The van der Waals surface area contributed by atoms with Crippen molar-refractivity contribution in [2.45, 2.75) is 94.2 Å². The smallest absolute Gasteiger partial charge is 0.298 e. The first-order valence-corrected chi connectivity index (χ1v) is 22.8. The maximum atomic E-state index is 14.1. The predicted octanol–water partition coefficient (Wildman–Crippen LogP) is 3.03. The van der Waals surface area contributed by atoms with Crippen molar-refractivity contribution < 1.29 is 23.9 Å². The van der Waals surface area contributed by atoms with Crippen LogP contribution in [0.3, 0.4) is 0 Å². The van der Waals surface area contributed by atoms with Gasteiger partial charge in [0, 0.05) is 83.8 Å². The zero-order valence-corrected chi connectivity index (χ0v) is 39.0. The molecule has 20 heteroatoms. The van der Waals surface area contributed by atoms with Gasteiger partial charge in [0.25, 0.3) is 11.8 Å². The molecule has 350 valence electrons. The van der Waals surface area contributed by atoms with Crippen molar-refractivity contribution in [3.05, 3.63) is 93.8 Å². The van der Waals surface area contributed by atoms with Crippen molar-refractivity contribution >= 4 is 45.8 Å². The highest BCUT2D eigenvalue weighted by atomic mass is 16.5. The number of rotatable bonds is 18. The Kier molecular flexibility index (Phi) is 14.6. The second-order valence-corrected chi connectivity index (χ2v) is 16.2. The largest absolute Gasteiger partial charge is 0.491 e. The Balaban J connectivity index is 1.32. The van der Waals surface area contributed by atoms with Gasteiger partial charge in [-0.05, 0) is 84.8 Å². The second kappa shape index (κ2) is 20.5. The van der Waals surface area contributed by atoms with E-state index in [0.717, 1.165) is 45.7 Å². The van der Waals surface area contributed by atoms with Gasteiger partial charge < -0.3 is 39.7 Å². The molecule has 7 rings (SSSR count). The van der Waals surface area contributed by atoms with Gasteiger partial charge >= 0.3 is 0 Å². The molecule has 6 heterocycles. The summed E-state index contributed by atoms with van der Waals surface area (Å²) in [6, 6.07) is 8.44. The summed E-state index contributed by atoms with van der Waals surface area (Å²) in [5.74, 6) is -1.77. The van der Waals surface area contributed by atoms with Crippen molar-refractivity contribution in [1.82, 2.24) is 52.6 Å². The first-order valence-electron chi connectivity index (χ1n) is 22.8. The predicted molar refractivity (Wildman–Crippen MR) is 249 cm³/mol. The van der Waals surface area contributed by atoms with Crippen molar-refractivity contribution in [3.63, 3.8) is 0 Å². The number of carbonyl (C=O) groups is 4. The van der Waals surface area contributed by atoms with Crippen LogP contribution in [0.2, 0.25) is 0 Å². The monoisotopic (exact) mass is 903 g/mol. The molecule has 66 heavy (non-hydrogen) atoms. The van der Waals surface area contributed by atoms with Crippen LogP contribution in [0.5, 0.6) is 5.75 Å². The number of hydrogen-bond acceptors (Lipinski definition) is 10. The number of primary amides is 2. The lowest BCUT2D eigenvalue weighted by Gasteiger charge is -2.33. The number of imidazole rings is 2. The first-order chi connectivity index (χ1) is 31.8. The summed E-state index contributed by atoms with van der Waals surface area (Å²) < 4.78 is 17.2. The lowest BCUT2D eigenvalue weighted by atomic mass is 10.1. The average molecular weight is 904 g/mol. The van der Waals surface area contributed by atoms with Crippen molar-refractivity contribution in [2.24, 2.45) is 21.5 Å². The molecule has 0 saturated carbocycles. The molecule has 4 amide bonds. The minimum Gasteiger partial charge on any atom is -0.491 e. The molecule has 0 atom stereocenters. The maximum Gasteiger partial charge on any atom is 0.298 e. The fourth-order valence-corrected chi connectivity index (χ4v) is 8.59. The summed E-state index contributed by atoms with van der Waals surface area (Å²) in [4.78, 5) is 71.9. The molecule has 1 saturated heterocycles. The van der Waals surface area contributed by atoms with E-state index in [9.17, 15) is 19.2 Å². The number of aromatic nitrogens is 9. The molecule has 0 radical (unpaired) electrons. The van der Waals surface area contributed by atoms with E-state index < -0.39 is 23.6 Å². The lowest BCUT2D eigenvalue weighted by molar-refractivity contribution is 0.0977. The number of allylic oxidation sites excluding steroid dienone is 2. The minimum atomic E-state index is -0.634. The zero-order chi connectivity index (χ0) is 47.2. The normalized spacial score (nSPS) is 14.4. The molecule has 0 unspecified atom stereocenters. The lowest BCUT2D eigenvalue weighted by Crippen LogP contribution is -2.46. The van der Waals surface area contributed by atoms with Gasteiger partial charge in [-0.1, -0.05) is 19.1 Å². The highest BCUT2D eigenvalue weighted by molar-refractivity contribution is 5.99. The standard InChI is InChI=1S/C46H61N15O5/c1-8-54-19-21-55(22-20-54)16-15-23-66-38-28-32(40(47)62)26-34-39(38)58(45(56(34)9-2)50-43(64)36-24-30(6)52-60(36)11-4)17-13-14-18-59-42-35(27-33(29-49-42)41(48)63)57(10-3)46(59)51-44(65)37-25-31(7)53-61(37)12-5/h13-14,24-29H,8-12,15-23H2,1-7H3,(H2,47,62)(H2,48,63)/b14-13+,50-45?,51-46?. The van der Waals surface area contributed by atoms with E-state index >= 15 is 0 Å². The van der Waals surface area contributed by atoms with Crippen molar-refractivity contribution in [3.8, 4) is 5.75 Å². The summed E-state index contributed by atoms with van der Waals surface area (Å²) in [5, 5.41) is 8.92. The maximum absolute atomic E-state index is 14.1. The van der Waals surface area contributed by atoms with Crippen LogP contribution in [0.25, 0.3) is 22.2 Å². The minimum absolute atomic E-state index is 0.208. The quantitative estimate of drug-likeness (QED) is 0.0947. The molecule has 6 aromatic rings. The Bertz CT molecular complexity index is 2970. The number of nitrogens with zero attached hydrogens (tertiary/aromatic N) is 13. The highest BCUT2D eigenvalue weighted by Crippen LogP contribution is 2.28. The SMILES string of the molecule is CCN1CCN(CCCOc2cc(C(N)=O)cc3c2n(C/C=C/Cn2c(=NC(=O)c4cc(C)nn4CC)n(CC)c4cc(C(N)=O)cnc42)c(=NC(=O)c2cc(C)nn2CC)n3CC)CC1. The van der Waals surface area contributed by atoms with E-state index in [0.29, 0.717) is 94.7 Å². The van der Waals surface area contributed by atoms with Crippen LogP contribution in [0.15, 0.2) is 58.7 Å². The summed E-state index contributed by atoms with van der Waals surface area (Å²) in [6.45, 7) is 22.0. The van der Waals surface area contributed by atoms with E-state index in [-0.39, 0.29) is 24.2 Å². The van der Waals surface area contributed by atoms with Gasteiger partial charge in [0.05, 0.1) is 34.6 Å². The Labute approximate surface area is 382 Å². The van der Waals surface area contributed by atoms with Gasteiger partial charge in [-0.2, -0.15) is 20.2 Å². The van der Waals surface area contributed by atoms with Gasteiger partial charge in [-0.15, -0.1) is 0 Å². The van der Waals surface area contributed by atoms with E-state index in [2.05, 4.69) is 36.9 Å². The molecule has 0 bridgehead atoms. The van der Waals surface area contributed by atoms with E-state index in [1.807, 2.05) is 67.4 Å². The summed E-state index contributed by atoms with van der Waals surface area (Å²) >= 11 is 0. The Morgan fingerprint density at radius 1 is 0.652 bits per heavy atom. The topological polar surface area (TPSA) is 229 Å². The van der Waals surface area contributed by atoms with Crippen LogP contribution in [0.4, 0.5) is 0 Å². The average Bonchev–Trinajstić information content (AvgIpc) is 4.05. The van der Waals surface area contributed by atoms with Crippen LogP contribution in [-0.2, 0) is 39.3 Å². The molecule has 5 aromatic heterocycles. The molecular weight excluding hydrogens is 843 g/mol. The fourth-order valence-electron chi connectivity index (χ4n) is 8.59. The molecular formula is C46H61N15O5. The summed E-state index contributed by atoms with van der Waals surface area (Å²) in [5.41, 5.74) is 17.1. The third-order valence-electron chi connectivity index (χ3n) is 12.0. The van der Waals surface area contributed by atoms with Crippen LogP contribution in [0, 0.1) is 13.8 Å². The zero-order valence-electron chi connectivity index (χ0n) is 39.0. The number of pyridine rings is 1.